The molecule has 5 aliphatic rings. The highest BCUT2D eigenvalue weighted by Gasteiger charge is 2.54. The number of amides is 3. The fourth-order valence-corrected chi connectivity index (χ4v) is 6.39. The molecule has 0 unspecified atom stereocenters. The predicted octanol–water partition coefficient (Wildman–Crippen LogP) is 2.50. The molecule has 3 N–H and O–H groups in total. The predicted molar refractivity (Wildman–Crippen MR) is 111 cm³/mol. The molecule has 4 aliphatic carbocycles. The van der Waals surface area contributed by atoms with Crippen molar-refractivity contribution in [1.29, 1.82) is 0 Å². The SMILES string of the molecule is O=C1C=C(Nc2cccc(NC(=O)C34CC5CC(CC(C5)C3)C4)c2)C(=O)N1CCO. The first kappa shape index (κ1) is 19.3. The van der Waals surface area contributed by atoms with Gasteiger partial charge in [0.2, 0.25) is 5.91 Å². The molecule has 1 heterocycles. The van der Waals surface area contributed by atoms with Crippen molar-refractivity contribution < 1.29 is 19.5 Å². The van der Waals surface area contributed by atoms with Gasteiger partial charge in [-0.05, 0) is 74.5 Å². The van der Waals surface area contributed by atoms with Gasteiger partial charge in [0.15, 0.2) is 0 Å². The fourth-order valence-electron chi connectivity index (χ4n) is 6.39. The van der Waals surface area contributed by atoms with Gasteiger partial charge in [0.25, 0.3) is 11.8 Å². The van der Waals surface area contributed by atoms with Crippen LogP contribution in [0.1, 0.15) is 38.5 Å². The van der Waals surface area contributed by atoms with E-state index >= 15 is 0 Å². The molecule has 30 heavy (non-hydrogen) atoms. The summed E-state index contributed by atoms with van der Waals surface area (Å²) in [6.45, 7) is -0.301. The monoisotopic (exact) mass is 409 g/mol. The summed E-state index contributed by atoms with van der Waals surface area (Å²) in [6, 6.07) is 7.22. The Morgan fingerprint density at radius 1 is 1.07 bits per heavy atom. The average Bonchev–Trinajstić information content (AvgIpc) is 2.95. The molecule has 6 rings (SSSR count). The van der Waals surface area contributed by atoms with Crippen molar-refractivity contribution in [2.45, 2.75) is 38.5 Å². The quantitative estimate of drug-likeness (QED) is 0.627. The normalized spacial score (nSPS) is 31.8. The Labute approximate surface area is 175 Å². The van der Waals surface area contributed by atoms with E-state index in [2.05, 4.69) is 10.6 Å². The number of rotatable bonds is 6. The summed E-state index contributed by atoms with van der Waals surface area (Å²) in [6.07, 6.45) is 8.13. The lowest BCUT2D eigenvalue weighted by atomic mass is 9.49. The molecule has 0 spiro atoms. The minimum absolute atomic E-state index is 0.0273. The number of aliphatic hydroxyl groups is 1. The highest BCUT2D eigenvalue weighted by atomic mass is 16.3. The van der Waals surface area contributed by atoms with Crippen LogP contribution in [0, 0.1) is 23.2 Å². The summed E-state index contributed by atoms with van der Waals surface area (Å²) in [7, 11) is 0. The second-order valence-electron chi connectivity index (χ2n) is 9.43. The van der Waals surface area contributed by atoms with Gasteiger partial charge in [0.1, 0.15) is 5.70 Å². The number of benzene rings is 1. The third-order valence-corrected chi connectivity index (χ3v) is 7.25. The van der Waals surface area contributed by atoms with Crippen LogP contribution in [0.5, 0.6) is 0 Å². The van der Waals surface area contributed by atoms with Crippen LogP contribution in [0.2, 0.25) is 0 Å². The lowest BCUT2D eigenvalue weighted by molar-refractivity contribution is -0.140. The summed E-state index contributed by atoms with van der Waals surface area (Å²) < 4.78 is 0. The zero-order valence-electron chi connectivity index (χ0n) is 16.9. The minimum Gasteiger partial charge on any atom is -0.395 e. The lowest BCUT2D eigenvalue weighted by Gasteiger charge is -2.55. The van der Waals surface area contributed by atoms with Crippen LogP contribution >= 0.6 is 0 Å². The lowest BCUT2D eigenvalue weighted by Crippen LogP contribution is -2.51. The van der Waals surface area contributed by atoms with E-state index in [9.17, 15) is 14.4 Å². The van der Waals surface area contributed by atoms with Gasteiger partial charge >= 0.3 is 0 Å². The number of nitrogens with zero attached hydrogens (tertiary/aromatic N) is 1. The van der Waals surface area contributed by atoms with Gasteiger partial charge in [-0.25, -0.2) is 0 Å². The number of imide groups is 1. The smallest absolute Gasteiger partial charge is 0.277 e. The Kier molecular flexibility index (Phi) is 4.65. The van der Waals surface area contributed by atoms with E-state index in [1.165, 1.54) is 25.3 Å². The molecule has 4 saturated carbocycles. The summed E-state index contributed by atoms with van der Waals surface area (Å²) in [4.78, 5) is 38.5. The van der Waals surface area contributed by atoms with Crippen LogP contribution in [0.3, 0.4) is 0 Å². The first-order valence-corrected chi connectivity index (χ1v) is 10.8. The summed E-state index contributed by atoms with van der Waals surface area (Å²) >= 11 is 0. The highest BCUT2D eigenvalue weighted by Crippen LogP contribution is 2.60. The molecule has 4 fully saturated rings. The molecule has 1 aromatic rings. The van der Waals surface area contributed by atoms with Crippen molar-refractivity contribution in [1.82, 2.24) is 4.90 Å². The van der Waals surface area contributed by atoms with Gasteiger partial charge in [-0.3, -0.25) is 19.3 Å². The van der Waals surface area contributed by atoms with Crippen molar-refractivity contribution in [3.05, 3.63) is 36.0 Å². The Morgan fingerprint density at radius 2 is 1.70 bits per heavy atom. The number of carbonyl (C=O) groups excluding carboxylic acids is 3. The van der Waals surface area contributed by atoms with Crippen LogP contribution in [0.4, 0.5) is 11.4 Å². The van der Waals surface area contributed by atoms with Gasteiger partial charge in [0, 0.05) is 17.5 Å². The number of hydrogen-bond acceptors (Lipinski definition) is 5. The Balaban J connectivity index is 1.28. The van der Waals surface area contributed by atoms with E-state index in [1.54, 1.807) is 12.1 Å². The number of aliphatic hydroxyl groups excluding tert-OH is 1. The van der Waals surface area contributed by atoms with Crippen LogP contribution in [-0.2, 0) is 14.4 Å². The fraction of sp³-hybridized carbons (Fsp3) is 0.522. The standard InChI is InChI=1S/C23H27N3O4/c27-5-4-26-20(28)10-19(21(26)29)24-17-2-1-3-18(9-17)25-22(30)23-11-14-6-15(12-23)8-16(7-14)13-23/h1-3,9-10,14-16,24,27H,4-8,11-13H2,(H,25,30). The molecule has 3 amide bonds. The number of carbonyl (C=O) groups is 3. The van der Waals surface area contributed by atoms with Crippen molar-refractivity contribution in [2.75, 3.05) is 23.8 Å². The van der Waals surface area contributed by atoms with E-state index in [-0.39, 0.29) is 30.2 Å². The molecule has 0 saturated heterocycles. The number of β-amino-alcohol motifs (C(OH)–C–C–N with tert-alkyl or cyclic N) is 1. The first-order valence-electron chi connectivity index (χ1n) is 10.8. The molecular weight excluding hydrogens is 382 g/mol. The molecule has 0 radical (unpaired) electrons. The maximum atomic E-state index is 13.3. The molecule has 1 aromatic carbocycles. The number of anilines is 2. The van der Waals surface area contributed by atoms with E-state index in [1.807, 2.05) is 12.1 Å². The van der Waals surface area contributed by atoms with E-state index in [0.29, 0.717) is 29.1 Å². The van der Waals surface area contributed by atoms with Crippen molar-refractivity contribution in [3.8, 4) is 0 Å². The molecule has 158 valence electrons. The van der Waals surface area contributed by atoms with Gasteiger partial charge < -0.3 is 15.7 Å². The maximum Gasteiger partial charge on any atom is 0.277 e. The number of hydrogen-bond donors (Lipinski definition) is 3. The molecule has 4 bridgehead atoms. The second-order valence-corrected chi connectivity index (χ2v) is 9.43. The van der Waals surface area contributed by atoms with Crippen molar-refractivity contribution >= 4 is 29.1 Å². The molecule has 7 nitrogen and oxygen atoms in total. The highest BCUT2D eigenvalue weighted by molar-refractivity contribution is 6.17. The van der Waals surface area contributed by atoms with E-state index in [0.717, 1.165) is 24.2 Å². The molecule has 0 aromatic heterocycles. The number of nitrogens with one attached hydrogen (secondary N) is 2. The largest absolute Gasteiger partial charge is 0.395 e. The van der Waals surface area contributed by atoms with Gasteiger partial charge in [0.05, 0.1) is 18.6 Å². The molecule has 7 heteroatoms. The zero-order valence-corrected chi connectivity index (χ0v) is 16.9. The minimum atomic E-state index is -0.461. The van der Waals surface area contributed by atoms with Crippen molar-refractivity contribution in [2.24, 2.45) is 23.2 Å². The van der Waals surface area contributed by atoms with Crippen LogP contribution in [-0.4, -0.2) is 40.9 Å². The summed E-state index contributed by atoms with van der Waals surface area (Å²) in [5, 5.41) is 15.1. The van der Waals surface area contributed by atoms with Crippen molar-refractivity contribution in [3.63, 3.8) is 0 Å². The van der Waals surface area contributed by atoms with Crippen LogP contribution < -0.4 is 10.6 Å². The molecular formula is C23H27N3O4. The molecule has 1 aliphatic heterocycles. The van der Waals surface area contributed by atoms with Crippen LogP contribution in [0.25, 0.3) is 0 Å². The summed E-state index contributed by atoms with van der Waals surface area (Å²) in [5.74, 6) is 1.33. The second kappa shape index (κ2) is 7.23. The van der Waals surface area contributed by atoms with Gasteiger partial charge in [-0.15, -0.1) is 0 Å². The first-order chi connectivity index (χ1) is 14.5. The van der Waals surface area contributed by atoms with E-state index < -0.39 is 11.8 Å². The van der Waals surface area contributed by atoms with Gasteiger partial charge in [-0.1, -0.05) is 6.07 Å². The van der Waals surface area contributed by atoms with Crippen LogP contribution in [0.15, 0.2) is 36.0 Å². The van der Waals surface area contributed by atoms with E-state index in [4.69, 9.17) is 5.11 Å². The molecule has 0 atom stereocenters. The Morgan fingerprint density at radius 3 is 2.33 bits per heavy atom. The Bertz CT molecular complexity index is 903. The third kappa shape index (κ3) is 3.31. The third-order valence-electron chi connectivity index (χ3n) is 7.25. The topological polar surface area (TPSA) is 98.7 Å². The summed E-state index contributed by atoms with van der Waals surface area (Å²) in [5.41, 5.74) is 1.25. The average molecular weight is 409 g/mol. The maximum absolute atomic E-state index is 13.3. The zero-order chi connectivity index (χ0) is 20.9. The van der Waals surface area contributed by atoms with Gasteiger partial charge in [-0.2, -0.15) is 0 Å². The Hall–Kier alpha value is -2.67.